The number of carbonyl (C=O) groups is 1. The van der Waals surface area contributed by atoms with E-state index in [-0.39, 0.29) is 6.09 Å². The number of nitrogens with zero attached hydrogens (tertiary/aromatic N) is 1. The maximum absolute atomic E-state index is 12.4. The average Bonchev–Trinajstić information content (AvgIpc) is 2.52. The van der Waals surface area contributed by atoms with Gasteiger partial charge in [-0.1, -0.05) is 76.9 Å². The molecule has 0 aromatic carbocycles. The summed E-state index contributed by atoms with van der Waals surface area (Å²) in [6, 6.07) is 0.314. The first-order valence-electron chi connectivity index (χ1n) is 10.1. The summed E-state index contributed by atoms with van der Waals surface area (Å²) in [6.07, 6.45) is 18.3. The summed E-state index contributed by atoms with van der Waals surface area (Å²) in [5, 5.41) is 0. The molecule has 0 fully saturated rings. The largest absolute Gasteiger partial charge is 0.444 e. The van der Waals surface area contributed by atoms with Crippen molar-refractivity contribution in [2.24, 2.45) is 0 Å². The molecule has 0 saturated carbocycles. The monoisotopic (exact) mass is 337 g/mol. The standard InChI is InChI=1S/C21H39NO2/c1-5-6-7-8-9-10-11-12-13-16-19-17-14-15-18-22(19)20(23)24-21(2,3)4/h14-15,19H,5-13,16-18H2,1-4H3/t19-/m0/s1. The summed E-state index contributed by atoms with van der Waals surface area (Å²) < 4.78 is 5.55. The molecule has 0 spiro atoms. The molecule has 1 rings (SSSR count). The molecule has 3 heteroatoms. The summed E-state index contributed by atoms with van der Waals surface area (Å²) in [5.74, 6) is 0. The van der Waals surface area contributed by atoms with Crippen molar-refractivity contribution in [1.82, 2.24) is 4.90 Å². The van der Waals surface area contributed by atoms with Crippen LogP contribution in [-0.4, -0.2) is 29.2 Å². The molecule has 0 N–H and O–H groups in total. The lowest BCUT2D eigenvalue weighted by Gasteiger charge is -2.34. The molecule has 24 heavy (non-hydrogen) atoms. The van der Waals surface area contributed by atoms with Gasteiger partial charge in [-0.05, 0) is 33.6 Å². The molecular weight excluding hydrogens is 298 g/mol. The highest BCUT2D eigenvalue weighted by Gasteiger charge is 2.28. The van der Waals surface area contributed by atoms with Crippen LogP contribution in [0.25, 0.3) is 0 Å². The lowest BCUT2D eigenvalue weighted by Crippen LogP contribution is -2.44. The molecule has 1 aliphatic rings. The van der Waals surface area contributed by atoms with Crippen molar-refractivity contribution in [3.05, 3.63) is 12.2 Å². The van der Waals surface area contributed by atoms with Crippen molar-refractivity contribution in [2.45, 2.75) is 110 Å². The van der Waals surface area contributed by atoms with Crippen LogP contribution in [0.15, 0.2) is 12.2 Å². The van der Waals surface area contributed by atoms with Crippen LogP contribution in [-0.2, 0) is 4.74 Å². The molecule has 0 aromatic rings. The van der Waals surface area contributed by atoms with E-state index in [9.17, 15) is 4.79 Å². The Hall–Kier alpha value is -0.990. The second-order valence-corrected chi connectivity index (χ2v) is 8.11. The van der Waals surface area contributed by atoms with E-state index in [0.29, 0.717) is 12.6 Å². The van der Waals surface area contributed by atoms with Gasteiger partial charge in [-0.15, -0.1) is 0 Å². The van der Waals surface area contributed by atoms with Gasteiger partial charge in [-0.25, -0.2) is 4.79 Å². The fraction of sp³-hybridized carbons (Fsp3) is 0.857. The first-order valence-corrected chi connectivity index (χ1v) is 10.1. The van der Waals surface area contributed by atoms with Gasteiger partial charge in [0.05, 0.1) is 0 Å². The van der Waals surface area contributed by atoms with Gasteiger partial charge in [0.2, 0.25) is 0 Å². The number of rotatable bonds is 10. The van der Waals surface area contributed by atoms with Gasteiger partial charge in [0.1, 0.15) is 5.60 Å². The second-order valence-electron chi connectivity index (χ2n) is 8.11. The minimum Gasteiger partial charge on any atom is -0.444 e. The van der Waals surface area contributed by atoms with Crippen LogP contribution in [0.1, 0.15) is 98.3 Å². The number of ether oxygens (including phenoxy) is 1. The zero-order valence-electron chi connectivity index (χ0n) is 16.5. The van der Waals surface area contributed by atoms with Crippen LogP contribution in [0.5, 0.6) is 0 Å². The fourth-order valence-corrected chi connectivity index (χ4v) is 3.23. The van der Waals surface area contributed by atoms with Crippen molar-refractivity contribution < 1.29 is 9.53 Å². The molecular formula is C21H39NO2. The smallest absolute Gasteiger partial charge is 0.410 e. The van der Waals surface area contributed by atoms with Crippen molar-refractivity contribution >= 4 is 6.09 Å². The Bertz CT molecular complexity index is 371. The number of carbonyl (C=O) groups excluding carboxylic acids is 1. The third-order valence-corrected chi connectivity index (χ3v) is 4.59. The predicted octanol–water partition coefficient (Wildman–Crippen LogP) is 6.47. The Morgan fingerprint density at radius 2 is 1.58 bits per heavy atom. The lowest BCUT2D eigenvalue weighted by atomic mass is 10.00. The van der Waals surface area contributed by atoms with E-state index in [2.05, 4.69) is 19.1 Å². The third kappa shape index (κ3) is 9.34. The highest BCUT2D eigenvalue weighted by atomic mass is 16.6. The molecule has 0 saturated heterocycles. The van der Waals surface area contributed by atoms with Crippen LogP contribution in [0.4, 0.5) is 4.79 Å². The zero-order chi connectivity index (χ0) is 17.8. The summed E-state index contributed by atoms with van der Waals surface area (Å²) in [5.41, 5.74) is -0.416. The van der Waals surface area contributed by atoms with Gasteiger partial charge in [-0.3, -0.25) is 0 Å². The first kappa shape index (κ1) is 21.1. The number of hydrogen-bond donors (Lipinski definition) is 0. The minimum absolute atomic E-state index is 0.159. The summed E-state index contributed by atoms with van der Waals surface area (Å²) in [7, 11) is 0. The van der Waals surface area contributed by atoms with E-state index in [0.717, 1.165) is 12.8 Å². The number of unbranched alkanes of at least 4 members (excludes halogenated alkanes) is 8. The Morgan fingerprint density at radius 3 is 2.17 bits per heavy atom. The Labute approximate surface area is 149 Å². The molecule has 140 valence electrons. The normalized spacial score (nSPS) is 18.0. The molecule has 0 aromatic heterocycles. The van der Waals surface area contributed by atoms with E-state index < -0.39 is 5.60 Å². The summed E-state index contributed by atoms with van der Waals surface area (Å²) in [4.78, 5) is 14.3. The molecule has 1 aliphatic heterocycles. The zero-order valence-corrected chi connectivity index (χ0v) is 16.5. The first-order chi connectivity index (χ1) is 11.4. The van der Waals surface area contributed by atoms with Crippen LogP contribution in [0, 0.1) is 0 Å². The van der Waals surface area contributed by atoms with Crippen LogP contribution < -0.4 is 0 Å². The Balaban J connectivity index is 2.20. The quantitative estimate of drug-likeness (QED) is 0.337. The molecule has 1 amide bonds. The average molecular weight is 338 g/mol. The van der Waals surface area contributed by atoms with Gasteiger partial charge < -0.3 is 9.64 Å². The van der Waals surface area contributed by atoms with Gasteiger partial charge in [0.15, 0.2) is 0 Å². The molecule has 0 radical (unpaired) electrons. The molecule has 0 aliphatic carbocycles. The van der Waals surface area contributed by atoms with E-state index >= 15 is 0 Å². The van der Waals surface area contributed by atoms with Crippen molar-refractivity contribution in [1.29, 1.82) is 0 Å². The Morgan fingerprint density at radius 1 is 1.00 bits per heavy atom. The molecule has 1 atom stereocenters. The summed E-state index contributed by atoms with van der Waals surface area (Å²) in [6.45, 7) is 8.75. The van der Waals surface area contributed by atoms with Crippen molar-refractivity contribution in [3.8, 4) is 0 Å². The van der Waals surface area contributed by atoms with E-state index in [4.69, 9.17) is 4.74 Å². The van der Waals surface area contributed by atoms with E-state index in [1.165, 1.54) is 57.8 Å². The lowest BCUT2D eigenvalue weighted by molar-refractivity contribution is 0.0168. The summed E-state index contributed by atoms with van der Waals surface area (Å²) >= 11 is 0. The molecule has 1 heterocycles. The number of amides is 1. The second kappa shape index (κ2) is 11.5. The molecule has 0 unspecified atom stereocenters. The van der Waals surface area contributed by atoms with E-state index in [1.54, 1.807) is 0 Å². The molecule has 0 bridgehead atoms. The topological polar surface area (TPSA) is 29.5 Å². The Kier molecular flexibility index (Phi) is 10.1. The SMILES string of the molecule is CCCCCCCCCCC[C@H]1CC=CCN1C(=O)OC(C)(C)C. The van der Waals surface area contributed by atoms with Gasteiger partial charge in [0.25, 0.3) is 0 Å². The maximum atomic E-state index is 12.4. The highest BCUT2D eigenvalue weighted by molar-refractivity contribution is 5.69. The van der Waals surface area contributed by atoms with Gasteiger partial charge >= 0.3 is 6.09 Å². The third-order valence-electron chi connectivity index (χ3n) is 4.59. The van der Waals surface area contributed by atoms with Gasteiger partial charge in [0, 0.05) is 12.6 Å². The van der Waals surface area contributed by atoms with Crippen LogP contribution in [0.3, 0.4) is 0 Å². The predicted molar refractivity (Wildman–Crippen MR) is 102 cm³/mol. The van der Waals surface area contributed by atoms with E-state index in [1.807, 2.05) is 25.7 Å². The van der Waals surface area contributed by atoms with Crippen LogP contribution >= 0.6 is 0 Å². The van der Waals surface area contributed by atoms with Gasteiger partial charge in [-0.2, -0.15) is 0 Å². The van der Waals surface area contributed by atoms with Crippen molar-refractivity contribution in [3.63, 3.8) is 0 Å². The number of hydrogen-bond acceptors (Lipinski definition) is 2. The highest BCUT2D eigenvalue weighted by Crippen LogP contribution is 2.21. The molecule has 3 nitrogen and oxygen atoms in total. The minimum atomic E-state index is -0.416. The van der Waals surface area contributed by atoms with Crippen LogP contribution in [0.2, 0.25) is 0 Å². The fourth-order valence-electron chi connectivity index (χ4n) is 3.23. The van der Waals surface area contributed by atoms with Crippen molar-refractivity contribution in [2.75, 3.05) is 6.54 Å². The maximum Gasteiger partial charge on any atom is 0.410 e.